The van der Waals surface area contributed by atoms with Crippen LogP contribution in [0.1, 0.15) is 13.8 Å². The molecule has 17 heavy (non-hydrogen) atoms. The van der Waals surface area contributed by atoms with E-state index in [1.165, 1.54) is 0 Å². The summed E-state index contributed by atoms with van der Waals surface area (Å²) in [4.78, 5) is 13.1. The van der Waals surface area contributed by atoms with Crippen LogP contribution in [0.2, 0.25) is 0 Å². The topological polar surface area (TPSA) is 58.4 Å². The number of carbonyl (C=O) groups excluding carboxylic acids is 1. The molecule has 0 aliphatic heterocycles. The molecule has 0 aromatic carbocycles. The Bertz CT molecular complexity index is 205. The number of hydrogen-bond donors (Lipinski definition) is 2. The first kappa shape index (κ1) is 22.0. The molecule has 0 bridgehead atoms. The zero-order chi connectivity index (χ0) is 11.9. The average Bonchev–Trinajstić information content (AvgIpc) is 2.23. The van der Waals surface area contributed by atoms with Gasteiger partial charge in [-0.25, -0.2) is 8.78 Å². The van der Waals surface area contributed by atoms with E-state index < -0.39 is 24.9 Å². The predicted octanol–water partition coefficient (Wildman–Crippen LogP) is 0.882. The van der Waals surface area contributed by atoms with Crippen molar-refractivity contribution in [3.8, 4) is 0 Å². The number of amides is 1. The van der Waals surface area contributed by atoms with Crippen LogP contribution in [0.5, 0.6) is 0 Å². The summed E-state index contributed by atoms with van der Waals surface area (Å²) in [6.07, 6.45) is 0. The van der Waals surface area contributed by atoms with E-state index >= 15 is 0 Å². The molecule has 1 amide bonds. The van der Waals surface area contributed by atoms with Gasteiger partial charge in [0.25, 0.3) is 5.92 Å². The molecular weight excluding hydrogens is 275 g/mol. The van der Waals surface area contributed by atoms with E-state index in [-0.39, 0.29) is 31.4 Å². The quantitative estimate of drug-likeness (QED) is 0.733. The molecule has 0 heterocycles. The first-order chi connectivity index (χ1) is 6.95. The first-order valence-corrected chi connectivity index (χ1v) is 5.02. The second-order valence-electron chi connectivity index (χ2n) is 3.30. The molecule has 0 aromatic heterocycles. The number of nitrogens with zero attached hydrogens (tertiary/aromatic N) is 1. The van der Waals surface area contributed by atoms with Crippen molar-refractivity contribution in [2.24, 2.45) is 5.73 Å². The van der Waals surface area contributed by atoms with E-state index in [1.54, 1.807) is 0 Å². The van der Waals surface area contributed by atoms with E-state index in [9.17, 15) is 13.6 Å². The normalized spacial score (nSPS) is 10.5. The van der Waals surface area contributed by atoms with Gasteiger partial charge in [0.1, 0.15) is 0 Å². The lowest BCUT2D eigenvalue weighted by Crippen LogP contribution is -2.45. The van der Waals surface area contributed by atoms with Crippen LogP contribution in [-0.4, -0.2) is 49.5 Å². The zero-order valence-corrected chi connectivity index (χ0v) is 11.7. The molecule has 0 unspecified atom stereocenters. The third kappa shape index (κ3) is 10.7. The fourth-order valence-electron chi connectivity index (χ4n) is 1.01. The van der Waals surface area contributed by atoms with Crippen LogP contribution in [0.25, 0.3) is 0 Å². The third-order valence-electron chi connectivity index (χ3n) is 2.10. The Hall–Kier alpha value is -0.170. The van der Waals surface area contributed by atoms with Crippen LogP contribution in [0.3, 0.4) is 0 Å². The van der Waals surface area contributed by atoms with E-state index in [4.69, 9.17) is 5.73 Å². The summed E-state index contributed by atoms with van der Waals surface area (Å²) in [7, 11) is 0. The van der Waals surface area contributed by atoms with Crippen LogP contribution in [0.4, 0.5) is 8.78 Å². The van der Waals surface area contributed by atoms with Crippen molar-refractivity contribution >= 4 is 30.7 Å². The molecule has 3 N–H and O–H groups in total. The number of alkyl halides is 2. The zero-order valence-electron chi connectivity index (χ0n) is 10.0. The van der Waals surface area contributed by atoms with Crippen molar-refractivity contribution in [3.05, 3.63) is 0 Å². The number of likely N-dealkylation sites (N-methyl/N-ethyl adjacent to an activating group) is 1. The van der Waals surface area contributed by atoms with E-state index in [0.717, 1.165) is 13.1 Å². The lowest BCUT2D eigenvalue weighted by Gasteiger charge is -2.19. The second kappa shape index (κ2) is 11.0. The Morgan fingerprint density at radius 1 is 1.29 bits per heavy atom. The summed E-state index contributed by atoms with van der Waals surface area (Å²) in [6.45, 7) is 3.96. The van der Waals surface area contributed by atoms with Crippen molar-refractivity contribution in [2.75, 3.05) is 32.7 Å². The smallest absolute Gasteiger partial charge is 0.277 e. The van der Waals surface area contributed by atoms with Crippen LogP contribution in [0, 0.1) is 0 Å². The van der Waals surface area contributed by atoms with Gasteiger partial charge in [0.05, 0.1) is 19.6 Å². The molecule has 0 saturated carbocycles. The van der Waals surface area contributed by atoms with Gasteiger partial charge in [0.2, 0.25) is 5.91 Å². The number of rotatable bonds is 7. The predicted molar refractivity (Wildman–Crippen MR) is 69.3 cm³/mol. The molecule has 0 radical (unpaired) electrons. The molecular formula is C9H21Cl2F2N3O. The molecule has 0 fully saturated rings. The molecule has 4 nitrogen and oxygen atoms in total. The maximum absolute atomic E-state index is 12.7. The van der Waals surface area contributed by atoms with Crippen molar-refractivity contribution in [1.29, 1.82) is 0 Å². The van der Waals surface area contributed by atoms with E-state index in [0.29, 0.717) is 0 Å². The highest BCUT2D eigenvalue weighted by molar-refractivity contribution is 5.85. The number of halogens is 4. The van der Waals surface area contributed by atoms with Gasteiger partial charge in [-0.3, -0.25) is 9.69 Å². The van der Waals surface area contributed by atoms with Gasteiger partial charge in [0, 0.05) is 0 Å². The van der Waals surface area contributed by atoms with Crippen molar-refractivity contribution in [3.63, 3.8) is 0 Å². The highest BCUT2D eigenvalue weighted by atomic mass is 35.5. The Kier molecular flexibility index (Phi) is 14.2. The minimum atomic E-state index is -3.01. The fraction of sp³-hybridized carbons (Fsp3) is 0.889. The summed E-state index contributed by atoms with van der Waals surface area (Å²) in [5.41, 5.74) is 4.83. The van der Waals surface area contributed by atoms with Crippen LogP contribution in [-0.2, 0) is 4.79 Å². The Morgan fingerprint density at radius 3 is 2.12 bits per heavy atom. The average molecular weight is 296 g/mol. The standard InChI is InChI=1S/C9H19F2N3O.2ClH/c1-3-14(4-2)5-8(15)13-7-9(10,11)6-12;;/h3-7,12H2,1-2H3,(H,13,15);2*1H. The van der Waals surface area contributed by atoms with Crippen LogP contribution >= 0.6 is 24.8 Å². The Morgan fingerprint density at radius 2 is 1.76 bits per heavy atom. The van der Waals surface area contributed by atoms with Gasteiger partial charge in [-0.2, -0.15) is 0 Å². The van der Waals surface area contributed by atoms with Gasteiger partial charge in [-0.05, 0) is 13.1 Å². The fourth-order valence-corrected chi connectivity index (χ4v) is 1.01. The molecule has 0 atom stereocenters. The third-order valence-corrected chi connectivity index (χ3v) is 2.10. The largest absolute Gasteiger partial charge is 0.349 e. The van der Waals surface area contributed by atoms with Gasteiger partial charge in [-0.15, -0.1) is 24.8 Å². The molecule has 0 rings (SSSR count). The number of carbonyl (C=O) groups is 1. The number of nitrogens with two attached hydrogens (primary N) is 1. The monoisotopic (exact) mass is 295 g/mol. The highest BCUT2D eigenvalue weighted by Gasteiger charge is 2.27. The van der Waals surface area contributed by atoms with Crippen molar-refractivity contribution in [1.82, 2.24) is 10.2 Å². The summed E-state index contributed by atoms with van der Waals surface area (Å²) in [5.74, 6) is -3.41. The van der Waals surface area contributed by atoms with Gasteiger partial charge < -0.3 is 11.1 Å². The number of hydrogen-bond acceptors (Lipinski definition) is 3. The maximum Gasteiger partial charge on any atom is 0.277 e. The Labute approximate surface area is 113 Å². The van der Waals surface area contributed by atoms with E-state index in [2.05, 4.69) is 5.32 Å². The number of nitrogens with one attached hydrogen (secondary N) is 1. The SMILES string of the molecule is CCN(CC)CC(=O)NCC(F)(F)CN.Cl.Cl. The molecule has 0 aliphatic carbocycles. The lowest BCUT2D eigenvalue weighted by molar-refractivity contribution is -0.124. The minimum absolute atomic E-state index is 0. The molecule has 0 aliphatic rings. The molecule has 8 heteroatoms. The summed E-state index contributed by atoms with van der Waals surface area (Å²) >= 11 is 0. The molecule has 0 aromatic rings. The second-order valence-corrected chi connectivity index (χ2v) is 3.30. The molecule has 106 valence electrons. The van der Waals surface area contributed by atoms with Crippen molar-refractivity contribution < 1.29 is 13.6 Å². The molecule has 0 spiro atoms. The van der Waals surface area contributed by atoms with Gasteiger partial charge >= 0.3 is 0 Å². The van der Waals surface area contributed by atoms with Crippen molar-refractivity contribution in [2.45, 2.75) is 19.8 Å². The van der Waals surface area contributed by atoms with E-state index in [1.807, 2.05) is 18.7 Å². The lowest BCUT2D eigenvalue weighted by atomic mass is 10.3. The summed E-state index contributed by atoms with van der Waals surface area (Å²) in [5, 5.41) is 2.16. The first-order valence-electron chi connectivity index (χ1n) is 5.02. The van der Waals surface area contributed by atoms with Crippen LogP contribution < -0.4 is 11.1 Å². The molecule has 0 saturated heterocycles. The maximum atomic E-state index is 12.7. The van der Waals surface area contributed by atoms with Crippen LogP contribution in [0.15, 0.2) is 0 Å². The minimum Gasteiger partial charge on any atom is -0.349 e. The van der Waals surface area contributed by atoms with Gasteiger partial charge in [0.15, 0.2) is 0 Å². The Balaban J connectivity index is -0.000000980. The van der Waals surface area contributed by atoms with Gasteiger partial charge in [-0.1, -0.05) is 13.8 Å². The summed E-state index contributed by atoms with van der Waals surface area (Å²) in [6, 6.07) is 0. The highest BCUT2D eigenvalue weighted by Crippen LogP contribution is 2.08. The summed E-state index contributed by atoms with van der Waals surface area (Å²) < 4.78 is 25.3.